The summed E-state index contributed by atoms with van der Waals surface area (Å²) in [5, 5.41) is 6.65. The molecule has 0 radical (unpaired) electrons. The van der Waals surface area contributed by atoms with Gasteiger partial charge in [0.25, 0.3) is 0 Å². The van der Waals surface area contributed by atoms with Crippen molar-refractivity contribution in [1.82, 2.24) is 15.5 Å². The number of hydrogen-bond donors (Lipinski definition) is 2. The first-order valence-electron chi connectivity index (χ1n) is 12.4. The number of benzene rings is 2. The summed E-state index contributed by atoms with van der Waals surface area (Å²) < 4.78 is 5.44. The van der Waals surface area contributed by atoms with Crippen molar-refractivity contribution >= 4 is 23.5 Å². The first kappa shape index (κ1) is 24.3. The Bertz CT molecular complexity index is 1390. The van der Waals surface area contributed by atoms with Gasteiger partial charge in [-0.1, -0.05) is 60.7 Å². The van der Waals surface area contributed by atoms with Crippen molar-refractivity contribution in [3.05, 3.63) is 112 Å². The molecule has 2 aliphatic heterocycles. The molecule has 3 aliphatic rings. The second-order valence-electron chi connectivity index (χ2n) is 9.20. The summed E-state index contributed by atoms with van der Waals surface area (Å²) in [7, 11) is 1.85. The van der Waals surface area contributed by atoms with Gasteiger partial charge in [0.05, 0.1) is 12.2 Å². The van der Waals surface area contributed by atoms with Gasteiger partial charge in [0.15, 0.2) is 5.78 Å². The van der Waals surface area contributed by atoms with Crippen LogP contribution >= 0.6 is 0 Å². The number of ether oxygens (including phenoxy) is 1. The Morgan fingerprint density at radius 2 is 1.81 bits per heavy atom. The molecule has 37 heavy (non-hydrogen) atoms. The second-order valence-corrected chi connectivity index (χ2v) is 9.20. The number of ketones is 1. The number of carbonyl (C=O) groups excluding carboxylic acids is 2. The van der Waals surface area contributed by atoms with Crippen LogP contribution in [0.15, 0.2) is 106 Å². The molecule has 0 fully saturated rings. The normalized spacial score (nSPS) is 20.9. The second kappa shape index (κ2) is 9.93. The lowest BCUT2D eigenvalue weighted by molar-refractivity contribution is -0.139. The standard InChI is InChI=1S/C30H30N4O3/c1-4-37-29(36)24-16-22-18-31-19-32-27(22)33-28(24)34(3)30(23-13-9-6-10-14-23)17-25(20(2)15-26(30)35)21-11-7-5-8-12-21/h5-15,17-18,32-33H,4,16,19H2,1-3H3. The Balaban J connectivity index is 1.72. The van der Waals surface area contributed by atoms with Crippen LogP contribution in [0.4, 0.5) is 0 Å². The van der Waals surface area contributed by atoms with E-state index in [1.54, 1.807) is 19.2 Å². The summed E-state index contributed by atoms with van der Waals surface area (Å²) >= 11 is 0. The fourth-order valence-electron chi connectivity index (χ4n) is 5.12. The molecule has 0 saturated carbocycles. The van der Waals surface area contributed by atoms with Crippen LogP contribution in [0, 0.1) is 0 Å². The van der Waals surface area contributed by atoms with E-state index in [1.165, 1.54) is 0 Å². The number of carbonyl (C=O) groups is 2. The Hall–Kier alpha value is -4.39. The van der Waals surface area contributed by atoms with Gasteiger partial charge < -0.3 is 20.3 Å². The summed E-state index contributed by atoms with van der Waals surface area (Å²) in [6.45, 7) is 4.42. The molecule has 0 spiro atoms. The molecule has 7 heteroatoms. The van der Waals surface area contributed by atoms with Crippen molar-refractivity contribution in [2.24, 2.45) is 4.99 Å². The minimum Gasteiger partial charge on any atom is -0.463 e. The van der Waals surface area contributed by atoms with Crippen LogP contribution in [0.3, 0.4) is 0 Å². The summed E-state index contributed by atoms with van der Waals surface area (Å²) in [4.78, 5) is 33.4. The van der Waals surface area contributed by atoms with E-state index in [4.69, 9.17) is 4.74 Å². The lowest BCUT2D eigenvalue weighted by Crippen LogP contribution is -2.53. The van der Waals surface area contributed by atoms with Crippen LogP contribution in [-0.4, -0.2) is 43.2 Å². The average Bonchev–Trinajstić information content (AvgIpc) is 2.93. The molecule has 7 nitrogen and oxygen atoms in total. The third-order valence-corrected chi connectivity index (χ3v) is 7.00. The number of rotatable bonds is 6. The van der Waals surface area contributed by atoms with Gasteiger partial charge in [-0.3, -0.25) is 9.79 Å². The number of nitrogens with one attached hydrogen (secondary N) is 2. The largest absolute Gasteiger partial charge is 0.463 e. The molecule has 1 unspecified atom stereocenters. The number of hydrogen-bond acceptors (Lipinski definition) is 7. The molecule has 1 atom stereocenters. The Morgan fingerprint density at radius 1 is 1.11 bits per heavy atom. The lowest BCUT2D eigenvalue weighted by Gasteiger charge is -2.45. The Kier molecular flexibility index (Phi) is 6.53. The van der Waals surface area contributed by atoms with E-state index in [0.717, 1.165) is 33.7 Å². The quantitative estimate of drug-likeness (QED) is 0.590. The van der Waals surface area contributed by atoms with Crippen molar-refractivity contribution in [3.63, 3.8) is 0 Å². The highest BCUT2D eigenvalue weighted by atomic mass is 16.5. The van der Waals surface area contributed by atoms with Crippen LogP contribution in [-0.2, 0) is 19.9 Å². The van der Waals surface area contributed by atoms with Crippen LogP contribution in [0.2, 0.25) is 0 Å². The highest BCUT2D eigenvalue weighted by Crippen LogP contribution is 2.42. The zero-order valence-corrected chi connectivity index (χ0v) is 21.2. The molecular weight excluding hydrogens is 464 g/mol. The first-order chi connectivity index (χ1) is 18.0. The van der Waals surface area contributed by atoms with Crippen LogP contribution in [0.25, 0.3) is 5.57 Å². The van der Waals surface area contributed by atoms with E-state index >= 15 is 0 Å². The van der Waals surface area contributed by atoms with Gasteiger partial charge in [0.1, 0.15) is 23.8 Å². The highest BCUT2D eigenvalue weighted by Gasteiger charge is 2.46. The third kappa shape index (κ3) is 4.27. The van der Waals surface area contributed by atoms with Crippen molar-refractivity contribution in [3.8, 4) is 0 Å². The average molecular weight is 495 g/mol. The monoisotopic (exact) mass is 494 g/mol. The van der Waals surface area contributed by atoms with Gasteiger partial charge in [0, 0.05) is 25.3 Å². The minimum absolute atomic E-state index is 0.0890. The number of allylic oxidation sites excluding steroid dienone is 3. The molecule has 2 aromatic rings. The summed E-state index contributed by atoms with van der Waals surface area (Å²) in [5.41, 5.74) is 3.79. The molecule has 5 rings (SSSR count). The number of esters is 1. The first-order valence-corrected chi connectivity index (χ1v) is 12.4. The van der Waals surface area contributed by atoms with Crippen molar-refractivity contribution in [2.45, 2.75) is 25.8 Å². The predicted octanol–water partition coefficient (Wildman–Crippen LogP) is 4.04. The van der Waals surface area contributed by atoms with E-state index in [9.17, 15) is 9.59 Å². The van der Waals surface area contributed by atoms with E-state index in [2.05, 4.69) is 15.6 Å². The van der Waals surface area contributed by atoms with Gasteiger partial charge in [-0.25, -0.2) is 4.79 Å². The number of aliphatic imine (C=N–C) groups is 1. The molecular formula is C30H30N4O3. The van der Waals surface area contributed by atoms with Crippen LogP contribution < -0.4 is 10.6 Å². The summed E-state index contributed by atoms with van der Waals surface area (Å²) in [5.74, 6) is 0.783. The van der Waals surface area contributed by atoms with Crippen LogP contribution in [0.5, 0.6) is 0 Å². The minimum atomic E-state index is -1.20. The third-order valence-electron chi connectivity index (χ3n) is 7.00. The number of likely N-dealkylation sites (N-methyl/N-ethyl adjacent to an activating group) is 1. The van der Waals surface area contributed by atoms with E-state index in [0.29, 0.717) is 24.5 Å². The topological polar surface area (TPSA) is 83.0 Å². The van der Waals surface area contributed by atoms with Crippen molar-refractivity contribution < 1.29 is 14.3 Å². The zero-order valence-electron chi connectivity index (χ0n) is 21.2. The lowest BCUT2D eigenvalue weighted by atomic mass is 9.75. The van der Waals surface area contributed by atoms with Gasteiger partial charge in [-0.15, -0.1) is 0 Å². The molecule has 2 heterocycles. The Labute approximate surface area is 216 Å². The smallest absolute Gasteiger partial charge is 0.338 e. The molecule has 0 aromatic heterocycles. The van der Waals surface area contributed by atoms with E-state index in [1.807, 2.05) is 85.6 Å². The fourth-order valence-corrected chi connectivity index (χ4v) is 5.12. The number of dihydropyridines is 1. The molecule has 0 saturated heterocycles. The fraction of sp³-hybridized carbons (Fsp3) is 0.233. The van der Waals surface area contributed by atoms with Gasteiger partial charge in [-0.2, -0.15) is 0 Å². The van der Waals surface area contributed by atoms with Gasteiger partial charge in [-0.05, 0) is 48.3 Å². The van der Waals surface area contributed by atoms with Gasteiger partial charge >= 0.3 is 5.97 Å². The highest BCUT2D eigenvalue weighted by molar-refractivity contribution is 6.08. The molecule has 1 aliphatic carbocycles. The maximum atomic E-state index is 14.1. The molecule has 2 N–H and O–H groups in total. The Morgan fingerprint density at radius 3 is 2.51 bits per heavy atom. The van der Waals surface area contributed by atoms with E-state index in [-0.39, 0.29) is 12.4 Å². The predicted molar refractivity (Wildman–Crippen MR) is 144 cm³/mol. The summed E-state index contributed by atoms with van der Waals surface area (Å²) in [6, 6.07) is 19.7. The molecule has 0 bridgehead atoms. The van der Waals surface area contributed by atoms with Gasteiger partial charge in [0.2, 0.25) is 0 Å². The molecule has 188 valence electrons. The zero-order chi connectivity index (χ0) is 26.0. The SMILES string of the molecule is CCOC(=O)C1=C(N(C)C2(c3ccccc3)C=C(c3ccccc3)C(C)=CC2=O)NC2=C(C=NCN2)C1. The summed E-state index contributed by atoms with van der Waals surface area (Å²) in [6.07, 6.45) is 5.83. The maximum absolute atomic E-state index is 14.1. The van der Waals surface area contributed by atoms with E-state index < -0.39 is 11.5 Å². The molecule has 2 aromatic carbocycles. The van der Waals surface area contributed by atoms with Crippen molar-refractivity contribution in [2.75, 3.05) is 20.3 Å². The molecule has 0 amide bonds. The van der Waals surface area contributed by atoms with Crippen molar-refractivity contribution in [1.29, 1.82) is 0 Å². The van der Waals surface area contributed by atoms with Crippen LogP contribution in [0.1, 0.15) is 31.4 Å². The maximum Gasteiger partial charge on any atom is 0.338 e. The number of nitrogens with zero attached hydrogens (tertiary/aromatic N) is 2.